The summed E-state index contributed by atoms with van der Waals surface area (Å²) in [6.45, 7) is 37.0. The van der Waals surface area contributed by atoms with Crippen molar-refractivity contribution in [3.63, 3.8) is 0 Å². The van der Waals surface area contributed by atoms with Crippen molar-refractivity contribution in [2.75, 3.05) is 27.4 Å². The van der Waals surface area contributed by atoms with Crippen molar-refractivity contribution in [1.82, 2.24) is 0 Å². The molecular formula is C67H106O6Si3. The minimum Gasteiger partial charge on any atom is -0.496 e. The Labute approximate surface area is 467 Å². The van der Waals surface area contributed by atoms with E-state index in [1.165, 1.54) is 45.5 Å². The SMILES string of the molecule is C.COc1cccc2c1C[C@H]1C[C@@H](O)[C@H](CC[C@@H](C)CO[Si](C)(C)C(C)(C)C)[C@H]1C2.COc1cccc2c1C[C@H]1C[C@@H](O[Si](c3ccccc3)(c3ccccc3)C(C)(C)C)[C@H](CC[C@@H](C)CO[Si](C)(C)C(C)(C)C)[C@H]1C2. The molecule has 4 aromatic carbocycles. The average molecular weight is 1090 g/mol. The van der Waals surface area contributed by atoms with Gasteiger partial charge < -0.3 is 27.9 Å². The summed E-state index contributed by atoms with van der Waals surface area (Å²) in [7, 11) is -2.55. The first-order chi connectivity index (χ1) is 35.2. The van der Waals surface area contributed by atoms with Gasteiger partial charge in [-0.3, -0.25) is 0 Å². The second-order valence-electron chi connectivity index (χ2n) is 28.1. The second kappa shape index (κ2) is 25.2. The van der Waals surface area contributed by atoms with E-state index < -0.39 is 25.0 Å². The van der Waals surface area contributed by atoms with Crippen molar-refractivity contribution in [3.8, 4) is 11.5 Å². The fourth-order valence-electron chi connectivity index (χ4n) is 13.3. The van der Waals surface area contributed by atoms with Gasteiger partial charge in [-0.25, -0.2) is 0 Å². The number of aliphatic hydroxyl groups excluding tert-OH is 1. The van der Waals surface area contributed by atoms with Crippen LogP contribution in [0.25, 0.3) is 0 Å². The number of rotatable bonds is 18. The Morgan fingerprint density at radius 2 is 0.934 bits per heavy atom. The lowest BCUT2D eigenvalue weighted by atomic mass is 9.73. The molecule has 0 heterocycles. The van der Waals surface area contributed by atoms with Gasteiger partial charge in [0, 0.05) is 19.3 Å². The molecule has 4 aromatic rings. The largest absolute Gasteiger partial charge is 0.496 e. The molecule has 0 saturated heterocycles. The van der Waals surface area contributed by atoms with Gasteiger partial charge in [0.05, 0.1) is 20.3 Å². The van der Waals surface area contributed by atoms with E-state index in [1.54, 1.807) is 7.11 Å². The zero-order valence-electron chi connectivity index (χ0n) is 50.0. The van der Waals surface area contributed by atoms with E-state index in [4.69, 9.17) is 22.8 Å². The van der Waals surface area contributed by atoms with Crippen LogP contribution in [-0.4, -0.2) is 69.7 Å². The maximum atomic E-state index is 10.8. The Morgan fingerprint density at radius 3 is 1.34 bits per heavy atom. The molecule has 8 rings (SSSR count). The second-order valence-corrected chi connectivity index (χ2v) is 41.9. The molecular weight excluding hydrogens is 985 g/mol. The number of hydrogen-bond acceptors (Lipinski definition) is 6. The lowest BCUT2D eigenvalue weighted by Gasteiger charge is -2.46. The van der Waals surface area contributed by atoms with E-state index in [1.807, 2.05) is 7.11 Å². The predicted molar refractivity (Wildman–Crippen MR) is 329 cm³/mol. The first-order valence-corrected chi connectivity index (χ1v) is 37.0. The topological polar surface area (TPSA) is 66.4 Å². The van der Waals surface area contributed by atoms with Crippen molar-refractivity contribution in [2.24, 2.45) is 47.3 Å². The van der Waals surface area contributed by atoms with E-state index in [2.05, 4.69) is 199 Å². The highest BCUT2D eigenvalue weighted by atomic mass is 28.4. The molecule has 0 radical (unpaired) electrons. The van der Waals surface area contributed by atoms with Gasteiger partial charge in [-0.1, -0.05) is 169 Å². The van der Waals surface area contributed by atoms with Gasteiger partial charge in [0.2, 0.25) is 0 Å². The summed E-state index contributed by atoms with van der Waals surface area (Å²) < 4.78 is 32.6. The Hall–Kier alpha value is -3.03. The van der Waals surface area contributed by atoms with Gasteiger partial charge in [-0.05, 0) is 198 Å². The van der Waals surface area contributed by atoms with Gasteiger partial charge in [0.1, 0.15) is 11.5 Å². The van der Waals surface area contributed by atoms with E-state index in [0.29, 0.717) is 47.3 Å². The number of methoxy groups -OCH3 is 2. The van der Waals surface area contributed by atoms with Gasteiger partial charge in [-0.15, -0.1) is 0 Å². The Bertz CT molecular complexity index is 2400. The van der Waals surface area contributed by atoms with Gasteiger partial charge >= 0.3 is 0 Å². The first kappa shape index (κ1) is 62.2. The van der Waals surface area contributed by atoms with Crippen LogP contribution in [0.5, 0.6) is 11.5 Å². The molecule has 76 heavy (non-hydrogen) atoms. The maximum absolute atomic E-state index is 10.8. The zero-order chi connectivity index (χ0) is 54.7. The molecule has 4 aliphatic rings. The molecule has 2 fully saturated rings. The monoisotopic (exact) mass is 1090 g/mol. The summed E-state index contributed by atoms with van der Waals surface area (Å²) in [6, 6.07) is 35.5. The van der Waals surface area contributed by atoms with Crippen LogP contribution in [0.4, 0.5) is 0 Å². The zero-order valence-corrected chi connectivity index (χ0v) is 53.0. The highest BCUT2D eigenvalue weighted by molar-refractivity contribution is 6.99. The van der Waals surface area contributed by atoms with Crippen LogP contribution >= 0.6 is 0 Å². The summed E-state index contributed by atoms with van der Waals surface area (Å²) in [5.74, 6) is 6.53. The third kappa shape index (κ3) is 13.7. The van der Waals surface area contributed by atoms with Crippen molar-refractivity contribution in [2.45, 2.75) is 201 Å². The summed E-state index contributed by atoms with van der Waals surface area (Å²) in [5, 5.41) is 14.1. The summed E-state index contributed by atoms with van der Waals surface area (Å²) in [4.78, 5) is 0. The van der Waals surface area contributed by atoms with Crippen LogP contribution in [-0.2, 0) is 39.0 Å². The predicted octanol–water partition coefficient (Wildman–Crippen LogP) is 15.9. The fraction of sp³-hybridized carbons (Fsp3) is 0.642. The van der Waals surface area contributed by atoms with E-state index in [0.717, 1.165) is 76.1 Å². The number of hydrogen-bond donors (Lipinski definition) is 1. The molecule has 0 aliphatic heterocycles. The molecule has 0 aromatic heterocycles. The van der Waals surface area contributed by atoms with Crippen LogP contribution in [0.15, 0.2) is 97.1 Å². The molecule has 4 aliphatic carbocycles. The van der Waals surface area contributed by atoms with Gasteiger partial charge in [0.15, 0.2) is 16.6 Å². The lowest BCUT2D eigenvalue weighted by Crippen LogP contribution is -2.68. The number of fused-ring (bicyclic) bond motifs is 4. The van der Waals surface area contributed by atoms with Crippen LogP contribution in [0.1, 0.15) is 144 Å². The minimum atomic E-state index is -2.68. The van der Waals surface area contributed by atoms with Crippen molar-refractivity contribution in [3.05, 3.63) is 119 Å². The summed E-state index contributed by atoms with van der Waals surface area (Å²) in [5.41, 5.74) is 5.71. The average Bonchev–Trinajstić information content (AvgIpc) is 3.86. The molecule has 0 spiro atoms. The summed E-state index contributed by atoms with van der Waals surface area (Å²) in [6.07, 6.45) is 11.1. The molecule has 9 heteroatoms. The lowest BCUT2D eigenvalue weighted by molar-refractivity contribution is 0.103. The quantitative estimate of drug-likeness (QED) is 0.100. The Morgan fingerprint density at radius 1 is 0.526 bits per heavy atom. The van der Waals surface area contributed by atoms with Crippen molar-refractivity contribution >= 4 is 35.3 Å². The van der Waals surface area contributed by atoms with Crippen LogP contribution < -0.4 is 19.8 Å². The van der Waals surface area contributed by atoms with E-state index >= 15 is 0 Å². The van der Waals surface area contributed by atoms with Crippen LogP contribution in [0.3, 0.4) is 0 Å². The highest BCUT2D eigenvalue weighted by Gasteiger charge is 2.56. The molecule has 6 nitrogen and oxygen atoms in total. The van der Waals surface area contributed by atoms with E-state index in [-0.39, 0.29) is 34.7 Å². The third-order valence-electron chi connectivity index (χ3n) is 19.9. The Kier molecular flexibility index (Phi) is 20.6. The number of aliphatic hydroxyl groups is 1. The first-order valence-electron chi connectivity index (χ1n) is 29.3. The standard InChI is InChI=1S/C41H60O3Si2.C25H42O3Si.CH4/c1-30(29-43-45(9,10)40(2,3)4)24-25-35-36-26-31-18-17-23-38(42-8)37(31)27-32(36)28-39(35)44-46(41(5,6)7,33-19-13-11-14-20-33)34-21-15-12-16-22-34;1-17(16-28-29(6,7)25(2,3)4)11-12-20-21-13-18-9-8-10-24(27-5)22(18)14-19(21)15-23(20)26;/h11-23,30,32,35-36,39H,24-29H2,1-10H3;8-10,17,19-21,23,26H,11-16H2,1-7H3;1H4/t30-,32+,35-,36+,39-;17-,19+,20-,21+,23-;/m11./s1. The van der Waals surface area contributed by atoms with Crippen molar-refractivity contribution in [1.29, 1.82) is 0 Å². The highest BCUT2D eigenvalue weighted by Crippen LogP contribution is 2.53. The van der Waals surface area contributed by atoms with Crippen molar-refractivity contribution < 1.29 is 27.9 Å². The molecule has 1 N–H and O–H groups in total. The van der Waals surface area contributed by atoms with Gasteiger partial charge in [-0.2, -0.15) is 0 Å². The molecule has 10 atom stereocenters. The molecule has 422 valence electrons. The normalized spacial score (nSPS) is 24.4. The third-order valence-corrected chi connectivity index (χ3v) is 34.0. The van der Waals surface area contributed by atoms with Crippen LogP contribution in [0.2, 0.25) is 41.3 Å². The Balaban J connectivity index is 0.000000269. The maximum Gasteiger partial charge on any atom is 0.261 e. The van der Waals surface area contributed by atoms with Crippen LogP contribution in [0, 0.1) is 47.3 Å². The smallest absolute Gasteiger partial charge is 0.261 e. The number of ether oxygens (including phenoxy) is 2. The molecule has 2 saturated carbocycles. The fourth-order valence-corrected chi connectivity index (χ4v) is 20.3. The molecule has 0 unspecified atom stereocenters. The molecule has 0 bridgehead atoms. The van der Waals surface area contributed by atoms with Gasteiger partial charge in [0.25, 0.3) is 8.32 Å². The summed E-state index contributed by atoms with van der Waals surface area (Å²) >= 11 is 0. The molecule has 0 amide bonds. The van der Waals surface area contributed by atoms with E-state index in [9.17, 15) is 5.11 Å². The number of benzene rings is 4. The minimum absolute atomic E-state index is 0.